The molecular weight excluding hydrogens is 361 g/mol. The molecule has 6 nitrogen and oxygen atoms in total. The van der Waals surface area contributed by atoms with Crippen molar-refractivity contribution >= 4 is 40.7 Å². The summed E-state index contributed by atoms with van der Waals surface area (Å²) in [6, 6.07) is 7.15. The number of nitrogens with zero attached hydrogens (tertiary/aromatic N) is 3. The Balaban J connectivity index is 1.62. The minimum absolute atomic E-state index is 0.484. The van der Waals surface area contributed by atoms with Gasteiger partial charge in [0.05, 0.1) is 23.9 Å². The number of ether oxygens (including phenoxy) is 1. The smallest absolute Gasteiger partial charge is 0.229 e. The van der Waals surface area contributed by atoms with Crippen LogP contribution in [0.3, 0.4) is 0 Å². The maximum absolute atomic E-state index is 6.19. The molecule has 0 atom stereocenters. The molecule has 134 valence electrons. The number of nitrogens with one attached hydrogen (secondary N) is 2. The van der Waals surface area contributed by atoms with Gasteiger partial charge in [0.25, 0.3) is 0 Å². The first-order chi connectivity index (χ1) is 12.1. The van der Waals surface area contributed by atoms with E-state index in [1.165, 1.54) is 0 Å². The van der Waals surface area contributed by atoms with E-state index in [1.807, 2.05) is 13.0 Å². The number of anilines is 3. The van der Waals surface area contributed by atoms with Crippen LogP contribution in [0.5, 0.6) is 0 Å². The van der Waals surface area contributed by atoms with Crippen molar-refractivity contribution in [1.29, 1.82) is 0 Å². The van der Waals surface area contributed by atoms with Crippen molar-refractivity contribution < 1.29 is 4.74 Å². The summed E-state index contributed by atoms with van der Waals surface area (Å²) < 4.78 is 5.36. The minimum atomic E-state index is 0.484. The molecule has 1 aromatic heterocycles. The third kappa shape index (κ3) is 5.44. The second kappa shape index (κ2) is 8.67. The third-order valence-corrected chi connectivity index (χ3v) is 4.43. The van der Waals surface area contributed by atoms with E-state index >= 15 is 0 Å². The van der Waals surface area contributed by atoms with Crippen LogP contribution < -0.4 is 10.6 Å². The Morgan fingerprint density at radius 3 is 2.76 bits per heavy atom. The fraction of sp³-hybridized carbons (Fsp3) is 0.412. The van der Waals surface area contributed by atoms with E-state index < -0.39 is 0 Å². The van der Waals surface area contributed by atoms with Gasteiger partial charge in [-0.15, -0.1) is 0 Å². The van der Waals surface area contributed by atoms with Gasteiger partial charge in [-0.2, -0.15) is 4.98 Å². The first-order valence-corrected chi connectivity index (χ1v) is 8.97. The van der Waals surface area contributed by atoms with E-state index in [2.05, 4.69) is 25.5 Å². The zero-order valence-corrected chi connectivity index (χ0v) is 15.6. The van der Waals surface area contributed by atoms with Crippen molar-refractivity contribution in [1.82, 2.24) is 14.9 Å². The Morgan fingerprint density at radius 2 is 1.96 bits per heavy atom. The lowest BCUT2D eigenvalue weighted by Gasteiger charge is -2.26. The molecule has 2 aromatic rings. The summed E-state index contributed by atoms with van der Waals surface area (Å²) in [5, 5.41) is 7.65. The van der Waals surface area contributed by atoms with Gasteiger partial charge < -0.3 is 15.4 Å². The standard InChI is InChI=1S/C17H21Cl2N5O/c1-12-10-16(20-4-5-24-6-8-25-9-7-24)23-17(21-12)22-15-11-13(18)2-3-14(15)19/h2-3,10-11H,4-9H2,1H3,(H2,20,21,22,23). The molecular formula is C17H21Cl2N5O. The maximum atomic E-state index is 6.19. The molecule has 1 saturated heterocycles. The molecule has 0 unspecified atom stereocenters. The molecule has 8 heteroatoms. The summed E-state index contributed by atoms with van der Waals surface area (Å²) in [6.45, 7) is 7.26. The van der Waals surface area contributed by atoms with Crippen molar-refractivity contribution in [3.05, 3.63) is 40.0 Å². The van der Waals surface area contributed by atoms with Crippen molar-refractivity contribution in [3.63, 3.8) is 0 Å². The zero-order valence-electron chi connectivity index (χ0n) is 14.1. The monoisotopic (exact) mass is 381 g/mol. The highest BCUT2D eigenvalue weighted by molar-refractivity contribution is 6.35. The molecule has 1 aromatic carbocycles. The Kier molecular flexibility index (Phi) is 6.31. The van der Waals surface area contributed by atoms with Crippen molar-refractivity contribution in [2.75, 3.05) is 50.0 Å². The van der Waals surface area contributed by atoms with Crippen molar-refractivity contribution in [2.24, 2.45) is 0 Å². The Hall–Kier alpha value is -1.60. The quantitative estimate of drug-likeness (QED) is 0.797. The number of hydrogen-bond donors (Lipinski definition) is 2. The second-order valence-corrected chi connectivity index (χ2v) is 6.69. The largest absolute Gasteiger partial charge is 0.379 e. The highest BCUT2D eigenvalue weighted by Gasteiger charge is 2.10. The van der Waals surface area contributed by atoms with Gasteiger partial charge in [-0.25, -0.2) is 4.98 Å². The summed E-state index contributed by atoms with van der Waals surface area (Å²) >= 11 is 12.2. The van der Waals surface area contributed by atoms with E-state index in [0.29, 0.717) is 21.7 Å². The van der Waals surface area contributed by atoms with Gasteiger partial charge in [0.1, 0.15) is 5.82 Å². The van der Waals surface area contributed by atoms with Gasteiger partial charge in [0.2, 0.25) is 5.95 Å². The minimum Gasteiger partial charge on any atom is -0.379 e. The molecule has 2 heterocycles. The molecule has 0 bridgehead atoms. The van der Waals surface area contributed by atoms with Crippen molar-refractivity contribution in [3.8, 4) is 0 Å². The lowest BCUT2D eigenvalue weighted by Crippen LogP contribution is -2.39. The van der Waals surface area contributed by atoms with Gasteiger partial charge >= 0.3 is 0 Å². The molecule has 2 N–H and O–H groups in total. The van der Waals surface area contributed by atoms with E-state index in [4.69, 9.17) is 27.9 Å². The van der Waals surface area contributed by atoms with Crippen LogP contribution in [0.15, 0.2) is 24.3 Å². The number of aromatic nitrogens is 2. The predicted molar refractivity (Wildman–Crippen MR) is 102 cm³/mol. The summed E-state index contributed by atoms with van der Waals surface area (Å²) in [7, 11) is 0. The van der Waals surface area contributed by atoms with Gasteiger partial charge in [-0.3, -0.25) is 4.90 Å². The SMILES string of the molecule is Cc1cc(NCCN2CCOCC2)nc(Nc2cc(Cl)ccc2Cl)n1. The van der Waals surface area contributed by atoms with Crippen LogP contribution in [-0.2, 0) is 4.74 Å². The summed E-state index contributed by atoms with van der Waals surface area (Å²) in [4.78, 5) is 11.3. The molecule has 1 aliphatic heterocycles. The summed E-state index contributed by atoms with van der Waals surface area (Å²) in [5.74, 6) is 1.26. The van der Waals surface area contributed by atoms with E-state index in [9.17, 15) is 0 Å². The molecule has 25 heavy (non-hydrogen) atoms. The number of morpholine rings is 1. The number of rotatable bonds is 6. The molecule has 3 rings (SSSR count). The van der Waals surface area contributed by atoms with Gasteiger partial charge in [0.15, 0.2) is 0 Å². The molecule has 0 amide bonds. The van der Waals surface area contributed by atoms with Gasteiger partial charge in [-0.1, -0.05) is 23.2 Å². The lowest BCUT2D eigenvalue weighted by atomic mass is 10.3. The fourth-order valence-corrected chi connectivity index (χ4v) is 2.93. The summed E-state index contributed by atoms with van der Waals surface area (Å²) in [6.07, 6.45) is 0. The number of aryl methyl sites for hydroxylation is 1. The van der Waals surface area contributed by atoms with Crippen LogP contribution in [0.25, 0.3) is 0 Å². The van der Waals surface area contributed by atoms with Crippen LogP contribution in [0.4, 0.5) is 17.5 Å². The topological polar surface area (TPSA) is 62.3 Å². The average molecular weight is 382 g/mol. The highest BCUT2D eigenvalue weighted by Crippen LogP contribution is 2.27. The predicted octanol–water partition coefficient (Wildman–Crippen LogP) is 3.58. The highest BCUT2D eigenvalue weighted by atomic mass is 35.5. The summed E-state index contributed by atoms with van der Waals surface area (Å²) in [5.41, 5.74) is 1.54. The average Bonchev–Trinajstić information content (AvgIpc) is 2.59. The Morgan fingerprint density at radius 1 is 1.16 bits per heavy atom. The molecule has 0 saturated carbocycles. The van der Waals surface area contributed by atoms with Crippen LogP contribution in [0.1, 0.15) is 5.69 Å². The van der Waals surface area contributed by atoms with E-state index in [1.54, 1.807) is 18.2 Å². The molecule has 1 aliphatic rings. The zero-order chi connectivity index (χ0) is 17.6. The molecule has 0 radical (unpaired) electrons. The van der Waals surface area contributed by atoms with Crippen LogP contribution in [-0.4, -0.2) is 54.3 Å². The molecule has 0 aliphatic carbocycles. The van der Waals surface area contributed by atoms with Crippen LogP contribution >= 0.6 is 23.2 Å². The van der Waals surface area contributed by atoms with Crippen LogP contribution in [0.2, 0.25) is 10.0 Å². The lowest BCUT2D eigenvalue weighted by molar-refractivity contribution is 0.0398. The number of hydrogen-bond acceptors (Lipinski definition) is 6. The first kappa shape index (κ1) is 18.2. The second-order valence-electron chi connectivity index (χ2n) is 5.85. The van der Waals surface area contributed by atoms with Crippen LogP contribution in [0, 0.1) is 6.92 Å². The van der Waals surface area contributed by atoms with E-state index in [0.717, 1.165) is 50.9 Å². The maximum Gasteiger partial charge on any atom is 0.229 e. The van der Waals surface area contributed by atoms with Gasteiger partial charge in [-0.05, 0) is 25.1 Å². The first-order valence-electron chi connectivity index (χ1n) is 8.22. The number of halogens is 2. The molecule has 1 fully saturated rings. The molecule has 0 spiro atoms. The Bertz CT molecular complexity index is 722. The Labute approximate surface area is 157 Å². The van der Waals surface area contributed by atoms with E-state index in [-0.39, 0.29) is 0 Å². The number of benzene rings is 1. The normalized spacial score (nSPS) is 15.2. The van der Waals surface area contributed by atoms with Crippen molar-refractivity contribution in [2.45, 2.75) is 6.92 Å². The third-order valence-electron chi connectivity index (χ3n) is 3.87. The van der Waals surface area contributed by atoms with Gasteiger partial charge in [0, 0.05) is 43.0 Å². The fourth-order valence-electron chi connectivity index (χ4n) is 2.60.